The molecule has 0 saturated carbocycles. The van der Waals surface area contributed by atoms with E-state index in [4.69, 9.17) is 0 Å². The first-order valence-electron chi connectivity index (χ1n) is 13.1. The van der Waals surface area contributed by atoms with E-state index >= 15 is 0 Å². The van der Waals surface area contributed by atoms with E-state index < -0.39 is 23.3 Å². The standard InChI is InChI=1S/C30H30N4O4/c1-20-10-12-21(13-11-20)15-30(27(36)31-29(38)34(28(30)37)24-6-3-2-4-7-24)19-32-16-22-14-23(18-32)25-8-5-9-26(35)33(25)17-22/h2-13,22-23H,14-19H2,1H3,(H,31,36,38)/t22-,23+,30+/m1/s1. The van der Waals surface area contributed by atoms with Gasteiger partial charge in [0.2, 0.25) is 5.91 Å². The molecule has 0 aliphatic carbocycles. The second kappa shape index (κ2) is 9.36. The number of amides is 4. The average Bonchev–Trinajstić information content (AvgIpc) is 2.90. The molecule has 8 heteroatoms. The molecule has 0 radical (unpaired) electrons. The summed E-state index contributed by atoms with van der Waals surface area (Å²) in [4.78, 5) is 56.7. The Bertz CT molecular complexity index is 1470. The molecule has 0 spiro atoms. The second-order valence-electron chi connectivity index (χ2n) is 10.9. The summed E-state index contributed by atoms with van der Waals surface area (Å²) in [5.74, 6) is -0.689. The van der Waals surface area contributed by atoms with Crippen molar-refractivity contribution in [1.82, 2.24) is 14.8 Å². The highest BCUT2D eigenvalue weighted by atomic mass is 16.2. The van der Waals surface area contributed by atoms with Gasteiger partial charge >= 0.3 is 6.03 Å². The quantitative estimate of drug-likeness (QED) is 0.533. The summed E-state index contributed by atoms with van der Waals surface area (Å²) in [5.41, 5.74) is 1.91. The first-order chi connectivity index (χ1) is 18.3. The molecule has 3 aromatic rings. The molecular weight excluding hydrogens is 480 g/mol. The number of hydrogen-bond donors (Lipinski definition) is 1. The molecule has 0 unspecified atom stereocenters. The van der Waals surface area contributed by atoms with Gasteiger partial charge in [-0.05, 0) is 49.4 Å². The third kappa shape index (κ3) is 4.15. The van der Waals surface area contributed by atoms with Crippen LogP contribution in [0.5, 0.6) is 0 Å². The molecular formula is C30H30N4O4. The van der Waals surface area contributed by atoms with E-state index in [0.717, 1.165) is 28.1 Å². The number of anilines is 1. The predicted octanol–water partition coefficient (Wildman–Crippen LogP) is 3.09. The number of barbiturate groups is 1. The van der Waals surface area contributed by atoms with Crippen molar-refractivity contribution < 1.29 is 14.4 Å². The number of para-hydroxylation sites is 1. The molecule has 1 aromatic heterocycles. The molecule has 3 atom stereocenters. The van der Waals surface area contributed by atoms with E-state index in [9.17, 15) is 19.2 Å². The minimum absolute atomic E-state index is 0.0142. The van der Waals surface area contributed by atoms with Gasteiger partial charge < -0.3 is 9.47 Å². The topological polar surface area (TPSA) is 91.7 Å². The van der Waals surface area contributed by atoms with Crippen LogP contribution in [-0.4, -0.2) is 46.9 Å². The number of aromatic nitrogens is 1. The lowest BCUT2D eigenvalue weighted by Crippen LogP contribution is -2.68. The van der Waals surface area contributed by atoms with Gasteiger partial charge in [0.05, 0.1) is 5.69 Å². The number of benzene rings is 2. The highest BCUT2D eigenvalue weighted by Gasteiger charge is 2.55. The zero-order chi connectivity index (χ0) is 26.4. The smallest absolute Gasteiger partial charge is 0.312 e. The molecule has 2 fully saturated rings. The Hall–Kier alpha value is -4.04. The summed E-state index contributed by atoms with van der Waals surface area (Å²) < 4.78 is 1.87. The van der Waals surface area contributed by atoms with E-state index in [1.165, 1.54) is 0 Å². The molecule has 1 N–H and O–H groups in total. The minimum atomic E-state index is -1.49. The minimum Gasteiger partial charge on any atom is -0.312 e. The molecule has 38 heavy (non-hydrogen) atoms. The zero-order valence-electron chi connectivity index (χ0n) is 21.3. The van der Waals surface area contributed by atoms with Crippen LogP contribution in [-0.2, 0) is 22.6 Å². The van der Waals surface area contributed by atoms with Crippen LogP contribution in [0, 0.1) is 18.3 Å². The Kier molecular flexibility index (Phi) is 5.99. The van der Waals surface area contributed by atoms with E-state index in [-0.39, 0.29) is 30.4 Å². The Balaban J connectivity index is 1.38. The number of piperidine rings is 1. The SMILES string of the molecule is Cc1ccc(C[C@]2(CN3C[C@H]4C[C@@H](C3)c3cccc(=O)n3C4)C(=O)NC(=O)N(c3ccccc3)C2=O)cc1. The van der Waals surface area contributed by atoms with Crippen molar-refractivity contribution in [2.75, 3.05) is 24.5 Å². The van der Waals surface area contributed by atoms with Crippen molar-refractivity contribution in [3.63, 3.8) is 0 Å². The van der Waals surface area contributed by atoms with Crippen LogP contribution in [0.1, 0.15) is 29.2 Å². The summed E-state index contributed by atoms with van der Waals surface area (Å²) in [7, 11) is 0. The number of imide groups is 2. The number of carbonyl (C=O) groups is 3. The van der Waals surface area contributed by atoms with Crippen molar-refractivity contribution in [2.45, 2.75) is 32.2 Å². The van der Waals surface area contributed by atoms with Crippen LogP contribution in [0.25, 0.3) is 0 Å². The van der Waals surface area contributed by atoms with Gasteiger partial charge in [0, 0.05) is 43.9 Å². The summed E-state index contributed by atoms with van der Waals surface area (Å²) in [6, 6.07) is 21.2. The molecule has 2 aromatic carbocycles. The molecule has 2 saturated heterocycles. The summed E-state index contributed by atoms with van der Waals surface area (Å²) >= 11 is 0. The Morgan fingerprint density at radius 1 is 0.868 bits per heavy atom. The number of likely N-dealkylation sites (tertiary alicyclic amines) is 1. The number of aryl methyl sites for hydroxylation is 1. The zero-order valence-corrected chi connectivity index (χ0v) is 21.3. The maximum absolute atomic E-state index is 14.3. The summed E-state index contributed by atoms with van der Waals surface area (Å²) in [6.07, 6.45) is 1.15. The highest BCUT2D eigenvalue weighted by molar-refractivity contribution is 6.30. The van der Waals surface area contributed by atoms with Crippen molar-refractivity contribution in [3.05, 3.63) is 100.0 Å². The van der Waals surface area contributed by atoms with Gasteiger partial charge in [-0.2, -0.15) is 0 Å². The maximum Gasteiger partial charge on any atom is 0.335 e. The van der Waals surface area contributed by atoms with Gasteiger partial charge in [-0.3, -0.25) is 19.7 Å². The van der Waals surface area contributed by atoms with Gasteiger partial charge in [-0.25, -0.2) is 9.69 Å². The van der Waals surface area contributed by atoms with Crippen molar-refractivity contribution in [3.8, 4) is 0 Å². The summed E-state index contributed by atoms with van der Waals surface area (Å²) in [6.45, 7) is 4.11. The molecule has 8 nitrogen and oxygen atoms in total. The number of carbonyl (C=O) groups excluding carboxylic acids is 3. The van der Waals surface area contributed by atoms with Crippen LogP contribution in [0.2, 0.25) is 0 Å². The normalized spacial score (nSPS) is 25.2. The maximum atomic E-state index is 14.3. The van der Waals surface area contributed by atoms with Gasteiger partial charge in [0.15, 0.2) is 0 Å². The lowest BCUT2D eigenvalue weighted by molar-refractivity contribution is -0.144. The molecule has 3 aliphatic rings. The van der Waals surface area contributed by atoms with Crippen LogP contribution in [0.15, 0.2) is 77.6 Å². The monoisotopic (exact) mass is 510 g/mol. The third-order valence-corrected chi connectivity index (χ3v) is 8.16. The van der Waals surface area contributed by atoms with Crippen LogP contribution in [0.3, 0.4) is 0 Å². The fourth-order valence-electron chi connectivity index (χ4n) is 6.40. The predicted molar refractivity (Wildman–Crippen MR) is 143 cm³/mol. The largest absolute Gasteiger partial charge is 0.335 e. The van der Waals surface area contributed by atoms with Crippen LogP contribution >= 0.6 is 0 Å². The number of fused-ring (bicyclic) bond motifs is 4. The number of pyridine rings is 1. The average molecular weight is 511 g/mol. The Labute approximate surface area is 220 Å². The van der Waals surface area contributed by atoms with Crippen molar-refractivity contribution >= 4 is 23.5 Å². The molecule has 2 bridgehead atoms. The third-order valence-electron chi connectivity index (χ3n) is 8.16. The molecule has 6 rings (SSSR count). The second-order valence-corrected chi connectivity index (χ2v) is 10.9. The highest BCUT2D eigenvalue weighted by Crippen LogP contribution is 2.39. The van der Waals surface area contributed by atoms with Crippen molar-refractivity contribution in [1.29, 1.82) is 0 Å². The van der Waals surface area contributed by atoms with E-state index in [1.807, 2.05) is 47.9 Å². The molecule has 3 aliphatic heterocycles. The Morgan fingerprint density at radius 3 is 2.39 bits per heavy atom. The number of nitrogens with zero attached hydrogens (tertiary/aromatic N) is 3. The molecule has 194 valence electrons. The first-order valence-corrected chi connectivity index (χ1v) is 13.1. The molecule has 4 amide bonds. The van der Waals surface area contributed by atoms with E-state index in [1.54, 1.807) is 36.4 Å². The first kappa shape index (κ1) is 24.3. The van der Waals surface area contributed by atoms with Crippen LogP contribution < -0.4 is 15.8 Å². The van der Waals surface area contributed by atoms with E-state index in [0.29, 0.717) is 25.3 Å². The number of rotatable bonds is 5. The van der Waals surface area contributed by atoms with Gasteiger partial charge in [0.25, 0.3) is 11.5 Å². The van der Waals surface area contributed by atoms with Gasteiger partial charge in [-0.1, -0.05) is 54.1 Å². The summed E-state index contributed by atoms with van der Waals surface area (Å²) in [5, 5.41) is 2.50. The Morgan fingerprint density at radius 2 is 1.63 bits per heavy atom. The number of urea groups is 1. The number of nitrogens with one attached hydrogen (secondary N) is 1. The van der Waals surface area contributed by atoms with Crippen LogP contribution in [0.4, 0.5) is 10.5 Å². The van der Waals surface area contributed by atoms with Crippen molar-refractivity contribution in [2.24, 2.45) is 11.3 Å². The number of hydrogen-bond acceptors (Lipinski definition) is 5. The molecule has 4 heterocycles. The lowest BCUT2D eigenvalue weighted by atomic mass is 9.75. The van der Waals surface area contributed by atoms with Gasteiger partial charge in [-0.15, -0.1) is 0 Å². The van der Waals surface area contributed by atoms with E-state index in [2.05, 4.69) is 10.2 Å². The lowest BCUT2D eigenvalue weighted by Gasteiger charge is -2.47. The fraction of sp³-hybridized carbons (Fsp3) is 0.333. The van der Waals surface area contributed by atoms with Gasteiger partial charge in [0.1, 0.15) is 5.41 Å². The fourth-order valence-corrected chi connectivity index (χ4v) is 6.40.